The highest BCUT2D eigenvalue weighted by molar-refractivity contribution is 5.77. The summed E-state index contributed by atoms with van der Waals surface area (Å²) in [6, 6.07) is 17.2. The second-order valence-electron chi connectivity index (χ2n) is 8.69. The van der Waals surface area contributed by atoms with Crippen LogP contribution in [0.2, 0.25) is 0 Å². The summed E-state index contributed by atoms with van der Waals surface area (Å²) in [4.78, 5) is 0. The number of anilines is 2. The maximum atomic E-state index is 13.1. The van der Waals surface area contributed by atoms with Gasteiger partial charge in [-0.05, 0) is 79.6 Å². The lowest BCUT2D eigenvalue weighted by atomic mass is 10.1. The van der Waals surface area contributed by atoms with Gasteiger partial charge in [0.2, 0.25) is 5.88 Å². The van der Waals surface area contributed by atoms with Crippen LogP contribution in [0.25, 0.3) is 16.9 Å². The lowest BCUT2D eigenvalue weighted by Crippen LogP contribution is -2.05. The fraction of sp³-hybridized carbons (Fsp3) is 0.185. The van der Waals surface area contributed by atoms with E-state index in [2.05, 4.69) is 5.32 Å². The molecule has 0 spiro atoms. The zero-order valence-corrected chi connectivity index (χ0v) is 19.1. The van der Waals surface area contributed by atoms with E-state index >= 15 is 0 Å². The fourth-order valence-corrected chi connectivity index (χ4v) is 3.87. The van der Waals surface area contributed by atoms with Crippen molar-refractivity contribution >= 4 is 11.4 Å². The number of halogens is 6. The topological polar surface area (TPSA) is 46.4 Å². The number of alkyl halides is 6. The molecular weight excluding hydrogens is 498 g/mol. The number of nitrogens with zero attached hydrogens (tertiary/aromatic N) is 1. The molecule has 37 heavy (non-hydrogen) atoms. The van der Waals surface area contributed by atoms with Crippen molar-refractivity contribution in [3.63, 3.8) is 0 Å². The molecule has 0 amide bonds. The Balaban J connectivity index is 1.56. The van der Waals surface area contributed by atoms with Gasteiger partial charge in [0.05, 0.1) is 22.9 Å². The van der Waals surface area contributed by atoms with E-state index in [0.29, 0.717) is 17.0 Å². The van der Waals surface area contributed by atoms with Gasteiger partial charge in [0.1, 0.15) is 11.4 Å². The molecule has 4 nitrogen and oxygen atoms in total. The SMILES string of the molecule is Oc1c(Nc2ccc(C(F)(F)F)cc2)cc(-c2cccc(OC3CC3)c2)n1-c1ccc(C(F)(F)F)cc1. The summed E-state index contributed by atoms with van der Waals surface area (Å²) in [5.41, 5.74) is 0.0924. The summed E-state index contributed by atoms with van der Waals surface area (Å²) >= 11 is 0. The van der Waals surface area contributed by atoms with Gasteiger partial charge in [-0.15, -0.1) is 0 Å². The van der Waals surface area contributed by atoms with Crippen LogP contribution in [0.3, 0.4) is 0 Å². The number of ether oxygens (including phenoxy) is 1. The lowest BCUT2D eigenvalue weighted by molar-refractivity contribution is -0.138. The Morgan fingerprint density at radius 3 is 1.95 bits per heavy atom. The first-order chi connectivity index (χ1) is 17.5. The molecule has 0 radical (unpaired) electrons. The zero-order chi connectivity index (χ0) is 26.4. The average Bonchev–Trinajstić information content (AvgIpc) is 3.60. The number of benzene rings is 3. The minimum Gasteiger partial charge on any atom is -0.493 e. The molecule has 1 aliphatic carbocycles. The van der Waals surface area contributed by atoms with Crippen LogP contribution in [0.15, 0.2) is 78.9 Å². The minimum absolute atomic E-state index is 0.141. The molecule has 1 aliphatic rings. The normalized spacial score (nSPS) is 14.0. The standard InChI is InChI=1S/C27H20F6N2O2/c28-26(29,30)17-4-8-19(9-5-17)34-23-15-24(16-2-1-3-22(14-16)37-21-12-13-21)35(25(23)36)20-10-6-18(7-11-20)27(31,32)33/h1-11,14-15,21,34,36H,12-13H2. The Bertz CT molecular complexity index is 1400. The van der Waals surface area contributed by atoms with Crippen molar-refractivity contribution in [2.45, 2.75) is 31.3 Å². The molecule has 0 atom stereocenters. The van der Waals surface area contributed by atoms with Gasteiger partial charge >= 0.3 is 12.4 Å². The van der Waals surface area contributed by atoms with Crippen molar-refractivity contribution in [1.29, 1.82) is 0 Å². The van der Waals surface area contributed by atoms with Gasteiger partial charge in [0.15, 0.2) is 0 Å². The lowest BCUT2D eigenvalue weighted by Gasteiger charge is -2.14. The van der Waals surface area contributed by atoms with Crippen LogP contribution in [0.5, 0.6) is 11.6 Å². The van der Waals surface area contributed by atoms with E-state index < -0.39 is 23.5 Å². The van der Waals surface area contributed by atoms with E-state index in [9.17, 15) is 31.4 Å². The first kappa shape index (κ1) is 24.6. The fourth-order valence-electron chi connectivity index (χ4n) is 3.87. The molecule has 5 rings (SSSR count). The molecule has 0 saturated heterocycles. The first-order valence-electron chi connectivity index (χ1n) is 11.3. The molecular formula is C27H20F6N2O2. The van der Waals surface area contributed by atoms with Crippen LogP contribution in [-0.2, 0) is 12.4 Å². The van der Waals surface area contributed by atoms with Crippen LogP contribution < -0.4 is 10.1 Å². The summed E-state index contributed by atoms with van der Waals surface area (Å²) in [6.45, 7) is 0. The van der Waals surface area contributed by atoms with Crippen molar-refractivity contribution in [2.24, 2.45) is 0 Å². The maximum Gasteiger partial charge on any atom is 0.416 e. The minimum atomic E-state index is -4.52. The Labute approximate surface area is 207 Å². The van der Waals surface area contributed by atoms with Crippen molar-refractivity contribution < 1.29 is 36.2 Å². The van der Waals surface area contributed by atoms with Crippen LogP contribution in [0.1, 0.15) is 24.0 Å². The molecule has 0 aliphatic heterocycles. The van der Waals surface area contributed by atoms with E-state index in [1.54, 1.807) is 30.3 Å². The summed E-state index contributed by atoms with van der Waals surface area (Å²) in [7, 11) is 0. The molecule has 3 aromatic carbocycles. The Kier molecular flexibility index (Phi) is 6.05. The van der Waals surface area contributed by atoms with Gasteiger partial charge in [-0.2, -0.15) is 26.3 Å². The molecule has 10 heteroatoms. The van der Waals surface area contributed by atoms with Crippen LogP contribution >= 0.6 is 0 Å². The number of rotatable bonds is 6. The van der Waals surface area contributed by atoms with E-state index in [0.717, 1.165) is 37.1 Å². The molecule has 4 aromatic rings. The smallest absolute Gasteiger partial charge is 0.416 e. The summed E-state index contributed by atoms with van der Waals surface area (Å²) in [6.07, 6.45) is -6.97. The van der Waals surface area contributed by atoms with Gasteiger partial charge in [-0.1, -0.05) is 12.1 Å². The van der Waals surface area contributed by atoms with E-state index in [4.69, 9.17) is 4.74 Å². The van der Waals surface area contributed by atoms with Gasteiger partial charge in [0.25, 0.3) is 0 Å². The predicted molar refractivity (Wildman–Crippen MR) is 126 cm³/mol. The van der Waals surface area contributed by atoms with Crippen molar-refractivity contribution in [1.82, 2.24) is 4.57 Å². The zero-order valence-electron chi connectivity index (χ0n) is 19.1. The monoisotopic (exact) mass is 518 g/mol. The Morgan fingerprint density at radius 2 is 1.38 bits per heavy atom. The summed E-state index contributed by atoms with van der Waals surface area (Å²) < 4.78 is 85.3. The molecule has 1 heterocycles. The molecule has 1 fully saturated rings. The van der Waals surface area contributed by atoms with E-state index in [-0.39, 0.29) is 29.0 Å². The third kappa shape index (κ3) is 5.37. The highest BCUT2D eigenvalue weighted by Crippen LogP contribution is 2.41. The van der Waals surface area contributed by atoms with Crippen molar-refractivity contribution in [3.05, 3.63) is 90.0 Å². The molecule has 1 aromatic heterocycles. The number of aromatic hydroxyl groups is 1. The molecule has 0 bridgehead atoms. The van der Waals surface area contributed by atoms with Gasteiger partial charge in [-0.25, -0.2) is 0 Å². The predicted octanol–water partition coefficient (Wildman–Crippen LogP) is 8.17. The number of aromatic nitrogens is 1. The number of hydrogen-bond donors (Lipinski definition) is 2. The number of nitrogens with one attached hydrogen (secondary N) is 1. The Morgan fingerprint density at radius 1 is 0.784 bits per heavy atom. The van der Waals surface area contributed by atoms with E-state index in [1.807, 2.05) is 0 Å². The largest absolute Gasteiger partial charge is 0.493 e. The average molecular weight is 518 g/mol. The third-order valence-corrected chi connectivity index (χ3v) is 5.88. The van der Waals surface area contributed by atoms with Crippen LogP contribution in [0.4, 0.5) is 37.7 Å². The van der Waals surface area contributed by atoms with Crippen LogP contribution in [-0.4, -0.2) is 15.8 Å². The van der Waals surface area contributed by atoms with Crippen LogP contribution in [0, 0.1) is 0 Å². The quantitative estimate of drug-likeness (QED) is 0.253. The Hall–Kier alpha value is -4.08. The second kappa shape index (κ2) is 9.10. The van der Waals surface area contributed by atoms with Gasteiger partial charge < -0.3 is 15.2 Å². The summed E-state index contributed by atoms with van der Waals surface area (Å²) in [5, 5.41) is 14.0. The number of hydrogen-bond acceptors (Lipinski definition) is 3. The van der Waals surface area contributed by atoms with Crippen molar-refractivity contribution in [3.8, 4) is 28.6 Å². The highest BCUT2D eigenvalue weighted by Gasteiger charge is 2.31. The second-order valence-corrected chi connectivity index (χ2v) is 8.69. The first-order valence-corrected chi connectivity index (χ1v) is 11.3. The summed E-state index contributed by atoms with van der Waals surface area (Å²) in [5.74, 6) is 0.278. The van der Waals surface area contributed by atoms with Gasteiger partial charge in [-0.3, -0.25) is 4.57 Å². The van der Waals surface area contributed by atoms with Gasteiger partial charge in [0, 0.05) is 16.9 Å². The molecule has 0 unspecified atom stereocenters. The highest BCUT2D eigenvalue weighted by atomic mass is 19.4. The van der Waals surface area contributed by atoms with Crippen molar-refractivity contribution in [2.75, 3.05) is 5.32 Å². The molecule has 1 saturated carbocycles. The van der Waals surface area contributed by atoms with E-state index in [1.165, 1.54) is 28.8 Å². The molecule has 2 N–H and O–H groups in total. The third-order valence-electron chi connectivity index (χ3n) is 5.88. The maximum absolute atomic E-state index is 13.1. The molecule has 192 valence electrons.